The number of hydrogen-bond donors (Lipinski definition) is 1. The number of furan rings is 1. The Morgan fingerprint density at radius 2 is 1.90 bits per heavy atom. The Morgan fingerprint density at radius 1 is 1.13 bits per heavy atom. The van der Waals surface area contributed by atoms with Gasteiger partial charge in [-0.15, -0.1) is 0 Å². The Morgan fingerprint density at radius 3 is 2.65 bits per heavy atom. The molecule has 2 aromatic carbocycles. The maximum absolute atomic E-state index is 12.8. The lowest BCUT2D eigenvalue weighted by Gasteiger charge is -2.30. The first kappa shape index (κ1) is 20.4. The van der Waals surface area contributed by atoms with Gasteiger partial charge in [-0.05, 0) is 36.4 Å². The number of nitrogens with zero attached hydrogens (tertiary/aromatic N) is 2. The van der Waals surface area contributed by atoms with E-state index in [9.17, 15) is 14.9 Å². The molecule has 1 saturated heterocycles. The molecule has 1 fully saturated rings. The molecule has 1 aliphatic rings. The number of ether oxygens (including phenoxy) is 2. The molecule has 0 aliphatic carbocycles. The molecule has 0 spiro atoms. The van der Waals surface area contributed by atoms with E-state index >= 15 is 0 Å². The van der Waals surface area contributed by atoms with Gasteiger partial charge >= 0.3 is 0 Å². The Bertz CT molecular complexity index is 1100. The molecule has 0 unspecified atom stereocenters. The number of rotatable bonds is 6. The van der Waals surface area contributed by atoms with Gasteiger partial charge in [-0.2, -0.15) is 0 Å². The van der Waals surface area contributed by atoms with E-state index in [1.54, 1.807) is 6.07 Å². The fourth-order valence-electron chi connectivity index (χ4n) is 3.45. The van der Waals surface area contributed by atoms with Crippen LogP contribution in [0.4, 0.5) is 17.1 Å². The summed E-state index contributed by atoms with van der Waals surface area (Å²) in [5.74, 6) is 0.195. The number of nitrogens with one attached hydrogen (secondary N) is 1. The van der Waals surface area contributed by atoms with Crippen LogP contribution in [0.5, 0.6) is 5.75 Å². The second kappa shape index (κ2) is 8.88. The van der Waals surface area contributed by atoms with Gasteiger partial charge in [0.25, 0.3) is 11.6 Å². The number of benzene rings is 2. The fraction of sp³-hybridized carbons (Fsp3) is 0.227. The van der Waals surface area contributed by atoms with Crippen molar-refractivity contribution in [3.8, 4) is 17.1 Å². The van der Waals surface area contributed by atoms with Gasteiger partial charge < -0.3 is 24.1 Å². The third-order valence-electron chi connectivity index (χ3n) is 5.00. The van der Waals surface area contributed by atoms with E-state index in [4.69, 9.17) is 13.9 Å². The Labute approximate surface area is 178 Å². The number of carbonyl (C=O) groups excluding carboxylic acids is 1. The fourth-order valence-corrected chi connectivity index (χ4v) is 3.45. The van der Waals surface area contributed by atoms with E-state index in [1.807, 2.05) is 24.3 Å². The minimum atomic E-state index is -0.515. The van der Waals surface area contributed by atoms with Crippen LogP contribution < -0.4 is 15.0 Å². The zero-order valence-corrected chi connectivity index (χ0v) is 16.9. The molecule has 160 valence electrons. The van der Waals surface area contributed by atoms with Gasteiger partial charge in [0.2, 0.25) is 0 Å². The smallest absolute Gasteiger partial charge is 0.291 e. The molecule has 9 heteroatoms. The van der Waals surface area contributed by atoms with Crippen LogP contribution in [0, 0.1) is 10.1 Å². The van der Waals surface area contributed by atoms with Crippen LogP contribution in [-0.2, 0) is 4.74 Å². The highest BCUT2D eigenvalue weighted by atomic mass is 16.6. The topological polar surface area (TPSA) is 107 Å². The number of methoxy groups -OCH3 is 1. The predicted octanol–water partition coefficient (Wildman–Crippen LogP) is 3.95. The number of nitro groups is 1. The lowest BCUT2D eigenvalue weighted by Crippen LogP contribution is -2.36. The zero-order valence-electron chi connectivity index (χ0n) is 16.9. The first-order valence-corrected chi connectivity index (χ1v) is 9.72. The SMILES string of the molecule is COc1ccc(-c2ccc(C(=O)Nc3ccccc3N3CCOCC3)o2)c([N+](=O)[O-])c1. The lowest BCUT2D eigenvalue weighted by atomic mass is 10.1. The van der Waals surface area contributed by atoms with Crippen molar-refractivity contribution in [1.29, 1.82) is 0 Å². The summed E-state index contributed by atoms with van der Waals surface area (Å²) in [6, 6.07) is 15.0. The summed E-state index contributed by atoms with van der Waals surface area (Å²) in [5, 5.41) is 14.3. The largest absolute Gasteiger partial charge is 0.497 e. The van der Waals surface area contributed by atoms with Gasteiger partial charge in [0.05, 0.1) is 48.3 Å². The molecule has 3 aromatic rings. The van der Waals surface area contributed by atoms with E-state index in [1.165, 1.54) is 31.4 Å². The van der Waals surface area contributed by atoms with Crippen molar-refractivity contribution in [2.45, 2.75) is 0 Å². The first-order chi connectivity index (χ1) is 15.1. The number of morpholine rings is 1. The van der Waals surface area contributed by atoms with E-state index < -0.39 is 10.8 Å². The van der Waals surface area contributed by atoms with Crippen LogP contribution in [0.1, 0.15) is 10.6 Å². The van der Waals surface area contributed by atoms with E-state index in [2.05, 4.69) is 10.2 Å². The molecule has 0 bridgehead atoms. The predicted molar refractivity (Wildman–Crippen MR) is 115 cm³/mol. The highest BCUT2D eigenvalue weighted by Gasteiger charge is 2.22. The maximum Gasteiger partial charge on any atom is 0.291 e. The second-order valence-electron chi connectivity index (χ2n) is 6.87. The summed E-state index contributed by atoms with van der Waals surface area (Å²) in [6.07, 6.45) is 0. The van der Waals surface area contributed by atoms with Crippen LogP contribution in [0.25, 0.3) is 11.3 Å². The summed E-state index contributed by atoms with van der Waals surface area (Å²) in [4.78, 5) is 25.9. The molecule has 4 rings (SSSR count). The highest BCUT2D eigenvalue weighted by molar-refractivity contribution is 6.04. The minimum Gasteiger partial charge on any atom is -0.497 e. The molecule has 9 nitrogen and oxygen atoms in total. The molecule has 0 saturated carbocycles. The van der Waals surface area contributed by atoms with Crippen molar-refractivity contribution in [1.82, 2.24) is 0 Å². The monoisotopic (exact) mass is 423 g/mol. The average molecular weight is 423 g/mol. The molecule has 0 atom stereocenters. The summed E-state index contributed by atoms with van der Waals surface area (Å²) in [6.45, 7) is 2.73. The standard InChI is InChI=1S/C22H21N3O6/c1-29-15-6-7-16(19(14-15)25(27)28)20-8-9-21(31-20)22(26)23-17-4-2-3-5-18(17)24-10-12-30-13-11-24/h2-9,14H,10-13H2,1H3,(H,23,26). The van der Waals surface area contributed by atoms with Gasteiger partial charge in [-0.25, -0.2) is 0 Å². The molecule has 31 heavy (non-hydrogen) atoms. The van der Waals surface area contributed by atoms with Crippen LogP contribution in [0.3, 0.4) is 0 Å². The summed E-state index contributed by atoms with van der Waals surface area (Å²) >= 11 is 0. The Balaban J connectivity index is 1.57. The lowest BCUT2D eigenvalue weighted by molar-refractivity contribution is -0.384. The highest BCUT2D eigenvalue weighted by Crippen LogP contribution is 2.34. The zero-order chi connectivity index (χ0) is 21.8. The molecule has 2 heterocycles. The van der Waals surface area contributed by atoms with E-state index in [-0.39, 0.29) is 22.8 Å². The normalized spacial score (nSPS) is 13.6. The minimum absolute atomic E-state index is 0.0527. The van der Waals surface area contributed by atoms with Gasteiger partial charge in [-0.3, -0.25) is 14.9 Å². The number of amides is 1. The van der Waals surface area contributed by atoms with Crippen molar-refractivity contribution in [3.63, 3.8) is 0 Å². The van der Waals surface area contributed by atoms with Crippen LogP contribution >= 0.6 is 0 Å². The van der Waals surface area contributed by atoms with Crippen molar-refractivity contribution in [2.24, 2.45) is 0 Å². The molecule has 1 N–H and O–H groups in total. The van der Waals surface area contributed by atoms with Crippen molar-refractivity contribution in [2.75, 3.05) is 43.6 Å². The van der Waals surface area contributed by atoms with Gasteiger partial charge in [0, 0.05) is 13.1 Å². The molecule has 1 aromatic heterocycles. The number of hydrogen-bond acceptors (Lipinski definition) is 7. The van der Waals surface area contributed by atoms with Crippen LogP contribution in [0.15, 0.2) is 59.0 Å². The molecule has 1 aliphatic heterocycles. The number of para-hydroxylation sites is 2. The van der Waals surface area contributed by atoms with Gasteiger partial charge in [0.1, 0.15) is 11.5 Å². The van der Waals surface area contributed by atoms with Crippen molar-refractivity contribution in [3.05, 3.63) is 70.5 Å². The van der Waals surface area contributed by atoms with Gasteiger partial charge in [0.15, 0.2) is 5.76 Å². The number of carbonyl (C=O) groups is 1. The first-order valence-electron chi connectivity index (χ1n) is 9.72. The average Bonchev–Trinajstić information content (AvgIpc) is 3.30. The molecular weight excluding hydrogens is 402 g/mol. The summed E-state index contributed by atoms with van der Waals surface area (Å²) < 4.78 is 16.1. The number of nitro benzene ring substituents is 1. The van der Waals surface area contributed by atoms with E-state index in [0.717, 1.165) is 18.8 Å². The third kappa shape index (κ3) is 4.36. The summed E-state index contributed by atoms with van der Waals surface area (Å²) in [7, 11) is 1.43. The van der Waals surface area contributed by atoms with Gasteiger partial charge in [-0.1, -0.05) is 12.1 Å². The molecular formula is C22H21N3O6. The Hall–Kier alpha value is -3.85. The second-order valence-corrected chi connectivity index (χ2v) is 6.87. The van der Waals surface area contributed by atoms with Crippen molar-refractivity contribution >= 4 is 23.0 Å². The molecule has 1 amide bonds. The van der Waals surface area contributed by atoms with Crippen LogP contribution in [-0.4, -0.2) is 44.2 Å². The third-order valence-corrected chi connectivity index (χ3v) is 5.00. The quantitative estimate of drug-likeness (QED) is 0.472. The summed E-state index contributed by atoms with van der Waals surface area (Å²) in [5.41, 5.74) is 1.65. The van der Waals surface area contributed by atoms with E-state index in [0.29, 0.717) is 24.7 Å². The van der Waals surface area contributed by atoms with Crippen molar-refractivity contribution < 1.29 is 23.6 Å². The van der Waals surface area contributed by atoms with Crippen LogP contribution in [0.2, 0.25) is 0 Å². The molecule has 0 radical (unpaired) electrons. The number of anilines is 2. The maximum atomic E-state index is 12.8. The Kier molecular flexibility index (Phi) is 5.85.